The largest absolute Gasteiger partial charge is 0.418 e. The maximum Gasteiger partial charge on any atom is 0.418 e. The van der Waals surface area contributed by atoms with Crippen molar-refractivity contribution in [3.8, 4) is 27.9 Å². The van der Waals surface area contributed by atoms with Gasteiger partial charge in [0.2, 0.25) is 0 Å². The molecule has 1 unspecified atom stereocenters. The number of aromatic nitrogens is 8. The van der Waals surface area contributed by atoms with E-state index in [1.807, 2.05) is 0 Å². The van der Waals surface area contributed by atoms with Crippen LogP contribution in [0.3, 0.4) is 0 Å². The standard InChI is InChI=1S/C26H19ClF4N8/c27-20-4-6-22(39-14-34-36-37-39)24(25(20)28)16-3-5-21(33-10-16)23(9-15-1-2-15)38-13-17(11-35-38)18-7-8-32-12-19(18)26(29,30)31/h3-8,10-15,23H,1-2,9H2/p+1. The van der Waals surface area contributed by atoms with Crippen molar-refractivity contribution in [2.24, 2.45) is 5.92 Å². The molecule has 1 aliphatic carbocycles. The van der Waals surface area contributed by atoms with Crippen molar-refractivity contribution in [3.05, 3.63) is 89.7 Å². The number of pyridine rings is 2. The van der Waals surface area contributed by atoms with Crippen molar-refractivity contribution in [2.75, 3.05) is 0 Å². The molecule has 0 spiro atoms. The van der Waals surface area contributed by atoms with Crippen molar-refractivity contribution in [3.63, 3.8) is 0 Å². The topological polar surface area (TPSA) is 89.0 Å². The van der Waals surface area contributed by atoms with Crippen LogP contribution in [0.15, 0.2) is 67.6 Å². The minimum atomic E-state index is -4.55. The molecule has 198 valence electrons. The molecule has 0 saturated heterocycles. The molecule has 39 heavy (non-hydrogen) atoms. The van der Waals surface area contributed by atoms with E-state index < -0.39 is 17.6 Å². The van der Waals surface area contributed by atoms with Gasteiger partial charge >= 0.3 is 6.18 Å². The third-order valence-corrected chi connectivity index (χ3v) is 7.03. The Bertz CT molecular complexity index is 1610. The van der Waals surface area contributed by atoms with Crippen LogP contribution in [0.5, 0.6) is 0 Å². The number of halogens is 5. The van der Waals surface area contributed by atoms with Gasteiger partial charge < -0.3 is 0 Å². The summed E-state index contributed by atoms with van der Waals surface area (Å²) in [6.07, 6.45) is 6.43. The number of H-pyrrole nitrogens is 1. The summed E-state index contributed by atoms with van der Waals surface area (Å²) in [5.41, 5.74) is 1.32. The van der Waals surface area contributed by atoms with E-state index in [0.29, 0.717) is 28.4 Å². The predicted molar refractivity (Wildman–Crippen MR) is 132 cm³/mol. The van der Waals surface area contributed by atoms with E-state index in [9.17, 15) is 13.2 Å². The molecule has 4 heterocycles. The van der Waals surface area contributed by atoms with Gasteiger partial charge in [0.15, 0.2) is 11.0 Å². The lowest BCUT2D eigenvalue weighted by Gasteiger charge is -2.18. The molecule has 0 aliphatic heterocycles. The maximum atomic E-state index is 15.2. The van der Waals surface area contributed by atoms with Crippen LogP contribution in [-0.4, -0.2) is 35.3 Å². The molecule has 1 N–H and O–H groups in total. The zero-order valence-corrected chi connectivity index (χ0v) is 20.9. The second-order valence-electron chi connectivity index (χ2n) is 9.35. The van der Waals surface area contributed by atoms with Crippen LogP contribution in [0, 0.1) is 11.7 Å². The fraction of sp³-hybridized carbons (Fsp3) is 0.231. The highest BCUT2D eigenvalue weighted by Crippen LogP contribution is 2.41. The maximum absolute atomic E-state index is 15.2. The quantitative estimate of drug-likeness (QED) is 0.208. The number of tetrazole rings is 1. The Kier molecular flexibility index (Phi) is 6.34. The minimum absolute atomic E-state index is 0.00647. The molecule has 1 saturated carbocycles. The van der Waals surface area contributed by atoms with Gasteiger partial charge in [0.05, 0.1) is 34.1 Å². The van der Waals surface area contributed by atoms with Gasteiger partial charge in [-0.15, -0.1) is 4.68 Å². The van der Waals surface area contributed by atoms with Gasteiger partial charge in [0.1, 0.15) is 10.8 Å². The number of alkyl halides is 3. The highest BCUT2D eigenvalue weighted by molar-refractivity contribution is 6.31. The molecule has 8 nitrogen and oxygen atoms in total. The Morgan fingerprint density at radius 3 is 2.62 bits per heavy atom. The smallest absolute Gasteiger partial charge is 0.264 e. The lowest BCUT2D eigenvalue weighted by Crippen LogP contribution is -2.33. The van der Waals surface area contributed by atoms with Crippen molar-refractivity contribution in [1.29, 1.82) is 0 Å². The van der Waals surface area contributed by atoms with E-state index in [1.54, 1.807) is 35.3 Å². The first-order chi connectivity index (χ1) is 18.8. The second-order valence-corrected chi connectivity index (χ2v) is 9.76. The molecule has 0 bridgehead atoms. The number of hydrogen-bond donors (Lipinski definition) is 1. The predicted octanol–water partition coefficient (Wildman–Crippen LogP) is 5.60. The molecular weight excluding hydrogens is 536 g/mol. The molecule has 0 radical (unpaired) electrons. The summed E-state index contributed by atoms with van der Waals surface area (Å²) < 4.78 is 59.0. The fourth-order valence-corrected chi connectivity index (χ4v) is 4.77. The molecule has 6 rings (SSSR count). The van der Waals surface area contributed by atoms with E-state index in [1.165, 1.54) is 35.5 Å². The minimum Gasteiger partial charge on any atom is -0.264 e. The molecule has 1 aliphatic rings. The molecule has 5 aromatic rings. The van der Waals surface area contributed by atoms with Gasteiger partial charge in [-0.3, -0.25) is 14.6 Å². The third kappa shape index (κ3) is 4.99. The first kappa shape index (κ1) is 25.1. The summed E-state index contributed by atoms with van der Waals surface area (Å²) in [5.74, 6) is -0.146. The SMILES string of the molecule is Fc1c(Cl)ccc(-[n+]2cnn[nH]2)c1-c1ccc(C(CC2CC2)n2cc(-c3ccncc3C(F)(F)F)cn2)nc1. The number of nitrogens with zero attached hydrogens (tertiary/aromatic N) is 7. The van der Waals surface area contributed by atoms with Crippen molar-refractivity contribution in [2.45, 2.75) is 31.5 Å². The molecule has 0 amide bonds. The summed E-state index contributed by atoms with van der Waals surface area (Å²) in [5, 5.41) is 14.4. The molecular formula is C26H20ClF4N8+. The van der Waals surface area contributed by atoms with Crippen LogP contribution >= 0.6 is 11.6 Å². The van der Waals surface area contributed by atoms with E-state index in [-0.39, 0.29) is 22.2 Å². The van der Waals surface area contributed by atoms with Gasteiger partial charge in [0.25, 0.3) is 6.33 Å². The van der Waals surface area contributed by atoms with Gasteiger partial charge in [0, 0.05) is 41.5 Å². The molecule has 1 fully saturated rings. The number of rotatable bonds is 7. The van der Waals surface area contributed by atoms with Gasteiger partial charge in [-0.1, -0.05) is 35.7 Å². The van der Waals surface area contributed by atoms with Gasteiger partial charge in [-0.25, -0.2) is 4.39 Å². The molecule has 1 atom stereocenters. The highest BCUT2D eigenvalue weighted by atomic mass is 35.5. The van der Waals surface area contributed by atoms with Crippen molar-refractivity contribution >= 4 is 11.6 Å². The first-order valence-corrected chi connectivity index (χ1v) is 12.5. The van der Waals surface area contributed by atoms with E-state index in [4.69, 9.17) is 11.6 Å². The Labute approximate surface area is 224 Å². The van der Waals surface area contributed by atoms with Gasteiger partial charge in [-0.05, 0) is 36.6 Å². The normalized spacial score (nSPS) is 14.5. The van der Waals surface area contributed by atoms with E-state index in [2.05, 4.69) is 30.6 Å². The summed E-state index contributed by atoms with van der Waals surface area (Å²) in [6, 6.07) is 7.61. The monoisotopic (exact) mass is 555 g/mol. The number of nitrogens with one attached hydrogen (secondary N) is 1. The average molecular weight is 556 g/mol. The van der Waals surface area contributed by atoms with Crippen molar-refractivity contribution in [1.82, 2.24) is 35.3 Å². The number of hydrogen-bond acceptors (Lipinski definition) is 5. The van der Waals surface area contributed by atoms with Crippen LogP contribution in [0.4, 0.5) is 17.6 Å². The third-order valence-electron chi connectivity index (χ3n) is 6.74. The average Bonchev–Trinajstić information content (AvgIpc) is 3.36. The van der Waals surface area contributed by atoms with Crippen LogP contribution in [0.25, 0.3) is 27.9 Å². The van der Waals surface area contributed by atoms with Crippen LogP contribution in [0.1, 0.15) is 36.6 Å². The Balaban J connectivity index is 1.36. The Hall–Kier alpha value is -4.19. The van der Waals surface area contributed by atoms with Crippen LogP contribution < -0.4 is 4.68 Å². The Morgan fingerprint density at radius 1 is 1.08 bits per heavy atom. The van der Waals surface area contributed by atoms with Gasteiger partial charge in [-0.2, -0.15) is 18.3 Å². The molecule has 13 heteroatoms. The summed E-state index contributed by atoms with van der Waals surface area (Å²) in [6.45, 7) is 0. The molecule has 1 aromatic carbocycles. The lowest BCUT2D eigenvalue weighted by atomic mass is 10.0. The fourth-order valence-electron chi connectivity index (χ4n) is 4.61. The lowest BCUT2D eigenvalue weighted by molar-refractivity contribution is -0.659. The number of aromatic amines is 1. The van der Waals surface area contributed by atoms with E-state index in [0.717, 1.165) is 25.5 Å². The first-order valence-electron chi connectivity index (χ1n) is 12.1. The summed E-state index contributed by atoms with van der Waals surface area (Å²) in [7, 11) is 0. The summed E-state index contributed by atoms with van der Waals surface area (Å²) in [4.78, 5) is 8.27. The summed E-state index contributed by atoms with van der Waals surface area (Å²) >= 11 is 6.08. The molecule has 4 aromatic heterocycles. The van der Waals surface area contributed by atoms with Crippen molar-refractivity contribution < 1.29 is 22.2 Å². The van der Waals surface area contributed by atoms with E-state index >= 15 is 4.39 Å². The second kappa shape index (κ2) is 9.84. The van der Waals surface area contributed by atoms with Crippen LogP contribution in [-0.2, 0) is 6.18 Å². The van der Waals surface area contributed by atoms with Crippen LogP contribution in [0.2, 0.25) is 5.02 Å². The highest BCUT2D eigenvalue weighted by Gasteiger charge is 2.35. The Morgan fingerprint density at radius 2 is 1.92 bits per heavy atom. The number of benzene rings is 1. The zero-order chi connectivity index (χ0) is 27.1. The zero-order valence-electron chi connectivity index (χ0n) is 20.1.